The van der Waals surface area contributed by atoms with Gasteiger partial charge in [0.15, 0.2) is 0 Å². The smallest absolute Gasteiger partial charge is 0.409 e. The average molecular weight is 443 g/mol. The maximum absolute atomic E-state index is 12.7. The van der Waals surface area contributed by atoms with Gasteiger partial charge in [-0.2, -0.15) is 4.98 Å². The summed E-state index contributed by atoms with van der Waals surface area (Å²) < 4.78 is 10.7. The molecule has 2 heterocycles. The van der Waals surface area contributed by atoms with Gasteiger partial charge >= 0.3 is 6.09 Å². The maximum Gasteiger partial charge on any atom is 0.409 e. The highest BCUT2D eigenvalue weighted by molar-refractivity contribution is 5.76. The van der Waals surface area contributed by atoms with E-state index in [2.05, 4.69) is 36.1 Å². The number of rotatable bonds is 7. The number of ether oxygens (including phenoxy) is 1. The van der Waals surface area contributed by atoms with Crippen LogP contribution >= 0.6 is 0 Å². The average Bonchev–Trinajstić information content (AvgIpc) is 3.11. The fraction of sp³-hybridized carbons (Fsp3) is 0.583. The molecule has 1 aliphatic rings. The Morgan fingerprint density at radius 2 is 1.72 bits per heavy atom. The molecule has 0 bridgehead atoms. The monoisotopic (exact) mass is 442 g/mol. The molecule has 0 aliphatic carbocycles. The van der Waals surface area contributed by atoms with Gasteiger partial charge in [0.05, 0.1) is 6.61 Å². The first kappa shape index (κ1) is 23.8. The normalized spacial score (nSPS) is 14.7. The fourth-order valence-corrected chi connectivity index (χ4v) is 3.54. The Morgan fingerprint density at radius 1 is 1.03 bits per heavy atom. The second kappa shape index (κ2) is 11.1. The third-order valence-corrected chi connectivity index (χ3v) is 5.50. The van der Waals surface area contributed by atoms with Crippen molar-refractivity contribution in [3.05, 3.63) is 35.7 Å². The molecule has 0 spiro atoms. The number of aryl methyl sites for hydroxylation is 1. The zero-order valence-corrected chi connectivity index (χ0v) is 19.5. The lowest BCUT2D eigenvalue weighted by molar-refractivity contribution is -0.131. The fourth-order valence-electron chi connectivity index (χ4n) is 3.54. The van der Waals surface area contributed by atoms with E-state index in [-0.39, 0.29) is 12.0 Å². The van der Waals surface area contributed by atoms with Crippen LogP contribution in [0.4, 0.5) is 4.79 Å². The third kappa shape index (κ3) is 6.55. The van der Waals surface area contributed by atoms with Crippen molar-refractivity contribution in [2.75, 3.05) is 32.8 Å². The van der Waals surface area contributed by atoms with E-state index < -0.39 is 0 Å². The molecule has 2 amide bonds. The van der Waals surface area contributed by atoms with Crippen LogP contribution in [-0.4, -0.2) is 64.7 Å². The maximum atomic E-state index is 12.7. The molecule has 8 nitrogen and oxygen atoms in total. The molecule has 1 fully saturated rings. The molecule has 0 radical (unpaired) electrons. The minimum atomic E-state index is -0.298. The van der Waals surface area contributed by atoms with E-state index in [1.54, 1.807) is 9.80 Å². The second-order valence-electron chi connectivity index (χ2n) is 8.98. The number of carbonyl (C=O) groups is 2. The van der Waals surface area contributed by atoms with Crippen LogP contribution in [-0.2, 0) is 16.0 Å². The van der Waals surface area contributed by atoms with Crippen LogP contribution in [0.5, 0.6) is 0 Å². The molecule has 0 unspecified atom stereocenters. The highest BCUT2D eigenvalue weighted by atomic mass is 16.6. The van der Waals surface area contributed by atoms with E-state index in [1.807, 2.05) is 26.0 Å². The SMILES string of the molecule is CC(C)COC(=O)N1CCCN(C(=O)CCc2nc(-c3ccc(C(C)C)cc3)no2)CC1. The van der Waals surface area contributed by atoms with Crippen LogP contribution in [0.1, 0.15) is 57.9 Å². The van der Waals surface area contributed by atoms with Gasteiger partial charge < -0.3 is 19.1 Å². The van der Waals surface area contributed by atoms with Crippen molar-refractivity contribution in [2.24, 2.45) is 5.92 Å². The summed E-state index contributed by atoms with van der Waals surface area (Å²) in [5.74, 6) is 1.78. The minimum Gasteiger partial charge on any atom is -0.449 e. The minimum absolute atomic E-state index is 0.0310. The standard InChI is InChI=1S/C24H34N4O4/c1-17(2)16-31-24(30)28-13-5-12-27(14-15-28)22(29)11-10-21-25-23(26-32-21)20-8-6-19(7-9-20)18(3)4/h6-9,17-18H,5,10-16H2,1-4H3. The van der Waals surface area contributed by atoms with Crippen molar-refractivity contribution < 1.29 is 18.8 Å². The summed E-state index contributed by atoms with van der Waals surface area (Å²) in [6.07, 6.45) is 1.13. The summed E-state index contributed by atoms with van der Waals surface area (Å²) in [6.45, 7) is 10.9. The van der Waals surface area contributed by atoms with Crippen LogP contribution in [0, 0.1) is 5.92 Å². The molecular formula is C24H34N4O4. The van der Waals surface area contributed by atoms with E-state index in [0.29, 0.717) is 69.2 Å². The molecule has 1 aliphatic heterocycles. The van der Waals surface area contributed by atoms with Gasteiger partial charge in [-0.3, -0.25) is 4.79 Å². The van der Waals surface area contributed by atoms with Gasteiger partial charge in [0.1, 0.15) is 0 Å². The van der Waals surface area contributed by atoms with E-state index in [1.165, 1.54) is 5.56 Å². The topological polar surface area (TPSA) is 88.8 Å². The van der Waals surface area contributed by atoms with E-state index in [9.17, 15) is 9.59 Å². The Kier molecular flexibility index (Phi) is 8.25. The van der Waals surface area contributed by atoms with Crippen LogP contribution in [0.15, 0.2) is 28.8 Å². The molecule has 174 valence electrons. The van der Waals surface area contributed by atoms with Crippen molar-refractivity contribution >= 4 is 12.0 Å². The number of aromatic nitrogens is 2. The zero-order chi connectivity index (χ0) is 23.1. The number of hydrogen-bond acceptors (Lipinski definition) is 6. The Hall–Kier alpha value is -2.90. The molecule has 1 saturated heterocycles. The van der Waals surface area contributed by atoms with Crippen LogP contribution < -0.4 is 0 Å². The van der Waals surface area contributed by atoms with Gasteiger partial charge in [-0.25, -0.2) is 4.79 Å². The van der Waals surface area contributed by atoms with Crippen molar-refractivity contribution in [1.82, 2.24) is 19.9 Å². The Bertz CT molecular complexity index is 892. The van der Waals surface area contributed by atoms with Gasteiger partial charge in [0.2, 0.25) is 17.6 Å². The summed E-state index contributed by atoms with van der Waals surface area (Å²) in [5, 5.41) is 4.06. The lowest BCUT2D eigenvalue weighted by Crippen LogP contribution is -2.38. The molecule has 1 aromatic heterocycles. The molecule has 1 aromatic carbocycles. The first-order valence-corrected chi connectivity index (χ1v) is 11.5. The quantitative estimate of drug-likeness (QED) is 0.641. The molecule has 0 atom stereocenters. The van der Waals surface area contributed by atoms with Gasteiger partial charge in [-0.05, 0) is 23.8 Å². The Labute approximate surface area is 189 Å². The summed E-state index contributed by atoms with van der Waals surface area (Å²) in [5.41, 5.74) is 2.15. The number of nitrogens with zero attached hydrogens (tertiary/aromatic N) is 4. The van der Waals surface area contributed by atoms with E-state index in [0.717, 1.165) is 12.0 Å². The highest BCUT2D eigenvalue weighted by Gasteiger charge is 2.23. The first-order valence-electron chi connectivity index (χ1n) is 11.5. The van der Waals surface area contributed by atoms with Crippen molar-refractivity contribution in [2.45, 2.75) is 52.9 Å². The molecule has 8 heteroatoms. The number of carbonyl (C=O) groups excluding carboxylic acids is 2. The van der Waals surface area contributed by atoms with Gasteiger partial charge in [-0.1, -0.05) is 57.1 Å². The van der Waals surface area contributed by atoms with Gasteiger partial charge in [-0.15, -0.1) is 0 Å². The lowest BCUT2D eigenvalue weighted by Gasteiger charge is -2.22. The van der Waals surface area contributed by atoms with E-state index in [4.69, 9.17) is 9.26 Å². The molecule has 32 heavy (non-hydrogen) atoms. The molecule has 0 N–H and O–H groups in total. The molecule has 3 rings (SSSR count). The predicted octanol–water partition coefficient (Wildman–Crippen LogP) is 4.12. The second-order valence-corrected chi connectivity index (χ2v) is 8.98. The van der Waals surface area contributed by atoms with Crippen molar-refractivity contribution in [3.8, 4) is 11.4 Å². The summed E-state index contributed by atoms with van der Waals surface area (Å²) in [7, 11) is 0. The van der Waals surface area contributed by atoms with Crippen LogP contribution in [0.3, 0.4) is 0 Å². The summed E-state index contributed by atoms with van der Waals surface area (Å²) in [4.78, 5) is 32.8. The van der Waals surface area contributed by atoms with Gasteiger partial charge in [0.25, 0.3) is 0 Å². The number of amides is 2. The largest absolute Gasteiger partial charge is 0.449 e. The van der Waals surface area contributed by atoms with Gasteiger partial charge in [0, 0.05) is 44.6 Å². The van der Waals surface area contributed by atoms with Crippen molar-refractivity contribution in [3.63, 3.8) is 0 Å². The number of benzene rings is 1. The van der Waals surface area contributed by atoms with Crippen LogP contribution in [0.2, 0.25) is 0 Å². The molecular weight excluding hydrogens is 408 g/mol. The van der Waals surface area contributed by atoms with Crippen molar-refractivity contribution in [1.29, 1.82) is 0 Å². The van der Waals surface area contributed by atoms with E-state index >= 15 is 0 Å². The zero-order valence-electron chi connectivity index (χ0n) is 19.5. The summed E-state index contributed by atoms with van der Waals surface area (Å²) >= 11 is 0. The van der Waals surface area contributed by atoms with Crippen LogP contribution in [0.25, 0.3) is 11.4 Å². The Morgan fingerprint density at radius 3 is 2.41 bits per heavy atom. The molecule has 0 saturated carbocycles. The highest BCUT2D eigenvalue weighted by Crippen LogP contribution is 2.21. The Balaban J connectivity index is 1.48. The lowest BCUT2D eigenvalue weighted by atomic mass is 10.0. The summed E-state index contributed by atoms with van der Waals surface area (Å²) in [6, 6.07) is 8.12. The predicted molar refractivity (Wildman–Crippen MR) is 121 cm³/mol. The molecule has 2 aromatic rings. The first-order chi connectivity index (χ1) is 15.3. The third-order valence-electron chi connectivity index (χ3n) is 5.50. The number of hydrogen-bond donors (Lipinski definition) is 0.